The van der Waals surface area contributed by atoms with E-state index in [2.05, 4.69) is 15.0 Å². The van der Waals surface area contributed by atoms with Crippen LogP contribution in [0.1, 0.15) is 0 Å². The lowest BCUT2D eigenvalue weighted by atomic mass is 10.2. The number of nitrogens with zero attached hydrogens (tertiary/aromatic N) is 2. The minimum atomic E-state index is -3.71. The molecule has 21 heavy (non-hydrogen) atoms. The second-order valence-electron chi connectivity index (χ2n) is 4.76. The van der Waals surface area contributed by atoms with Gasteiger partial charge in [-0.1, -0.05) is 11.6 Å². The molecule has 0 bridgehead atoms. The first-order chi connectivity index (χ1) is 10.1. The van der Waals surface area contributed by atoms with Crippen LogP contribution in [0.25, 0.3) is 4.96 Å². The summed E-state index contributed by atoms with van der Waals surface area (Å²) in [5.74, 6) is 0.0898. The van der Waals surface area contributed by atoms with Crippen molar-refractivity contribution in [2.45, 2.75) is 5.03 Å². The van der Waals surface area contributed by atoms with Gasteiger partial charge in [-0.05, 0) is 0 Å². The van der Waals surface area contributed by atoms with E-state index in [9.17, 15) is 8.42 Å². The second-order valence-corrected chi connectivity index (χ2v) is 7.67. The summed E-state index contributed by atoms with van der Waals surface area (Å²) < 4.78 is 34.4. The summed E-state index contributed by atoms with van der Waals surface area (Å²) in [4.78, 5) is 4.60. The Kier molecular flexibility index (Phi) is 4.48. The molecule has 2 aromatic heterocycles. The number of hydrogen-bond acceptors (Lipinski definition) is 6. The molecule has 2 N–H and O–H groups in total. The first-order valence-corrected chi connectivity index (χ1v) is 9.21. The quantitative estimate of drug-likeness (QED) is 0.841. The van der Waals surface area contributed by atoms with Crippen molar-refractivity contribution < 1.29 is 13.2 Å². The van der Waals surface area contributed by atoms with Crippen molar-refractivity contribution in [2.75, 3.05) is 32.8 Å². The Morgan fingerprint density at radius 3 is 3.33 bits per heavy atom. The molecule has 2 aromatic rings. The van der Waals surface area contributed by atoms with Gasteiger partial charge in [0.15, 0.2) is 15.1 Å². The monoisotopic (exact) mass is 350 g/mol. The molecule has 3 rings (SSSR count). The van der Waals surface area contributed by atoms with Crippen molar-refractivity contribution in [3.8, 4) is 0 Å². The van der Waals surface area contributed by atoms with Gasteiger partial charge in [0.25, 0.3) is 10.0 Å². The largest absolute Gasteiger partial charge is 0.380 e. The zero-order valence-corrected chi connectivity index (χ0v) is 13.5. The zero-order chi connectivity index (χ0) is 14.9. The van der Waals surface area contributed by atoms with Crippen LogP contribution in [0.3, 0.4) is 0 Å². The highest BCUT2D eigenvalue weighted by molar-refractivity contribution is 7.89. The van der Waals surface area contributed by atoms with Crippen molar-refractivity contribution in [1.29, 1.82) is 0 Å². The Morgan fingerprint density at radius 2 is 2.48 bits per heavy atom. The van der Waals surface area contributed by atoms with E-state index in [1.54, 1.807) is 11.6 Å². The Labute approximate surface area is 131 Å². The van der Waals surface area contributed by atoms with Gasteiger partial charge in [0.2, 0.25) is 0 Å². The average molecular weight is 351 g/mol. The Hall–Kier alpha value is -0.710. The highest BCUT2D eigenvalue weighted by atomic mass is 35.5. The number of aromatic nitrogens is 2. The van der Waals surface area contributed by atoms with Crippen molar-refractivity contribution in [3.05, 3.63) is 16.7 Å². The van der Waals surface area contributed by atoms with Crippen LogP contribution in [0.4, 0.5) is 0 Å². The molecule has 0 radical (unpaired) electrons. The molecule has 3 heterocycles. The van der Waals surface area contributed by atoms with Gasteiger partial charge in [-0.3, -0.25) is 4.40 Å². The SMILES string of the molecule is O=S(=O)(NCC1CNCCOC1)c1c(Cl)nc2sccn12. The van der Waals surface area contributed by atoms with E-state index in [1.165, 1.54) is 15.7 Å². The van der Waals surface area contributed by atoms with Crippen molar-refractivity contribution in [3.63, 3.8) is 0 Å². The standard InChI is InChI=1S/C11H15ClN4O3S2/c12-9-10(16-2-4-20-11(16)15-9)21(17,18)14-6-8-5-13-1-3-19-7-8/h2,4,8,13-14H,1,3,5-7H2. The number of ether oxygens (including phenoxy) is 1. The number of hydrogen-bond donors (Lipinski definition) is 2. The summed E-state index contributed by atoms with van der Waals surface area (Å²) in [6, 6.07) is 0. The van der Waals surface area contributed by atoms with Crippen LogP contribution in [0, 0.1) is 5.92 Å². The van der Waals surface area contributed by atoms with Crippen molar-refractivity contribution >= 4 is 37.9 Å². The Bertz CT molecular complexity index is 719. The molecule has 1 saturated heterocycles. The fourth-order valence-electron chi connectivity index (χ4n) is 2.17. The van der Waals surface area contributed by atoms with Gasteiger partial charge in [0.05, 0.1) is 13.2 Å². The van der Waals surface area contributed by atoms with Gasteiger partial charge in [0.1, 0.15) is 0 Å². The van der Waals surface area contributed by atoms with E-state index < -0.39 is 10.0 Å². The average Bonchev–Trinajstić information content (AvgIpc) is 2.87. The van der Waals surface area contributed by atoms with Crippen LogP contribution >= 0.6 is 22.9 Å². The molecule has 116 valence electrons. The maximum absolute atomic E-state index is 12.4. The van der Waals surface area contributed by atoms with Crippen molar-refractivity contribution in [2.24, 2.45) is 5.92 Å². The maximum Gasteiger partial charge on any atom is 0.259 e. The van der Waals surface area contributed by atoms with Gasteiger partial charge in [-0.2, -0.15) is 0 Å². The summed E-state index contributed by atoms with van der Waals surface area (Å²) in [5.41, 5.74) is 0. The lowest BCUT2D eigenvalue weighted by molar-refractivity contribution is 0.124. The predicted octanol–water partition coefficient (Wildman–Crippen LogP) is 0.563. The summed E-state index contributed by atoms with van der Waals surface area (Å²) >= 11 is 7.29. The third kappa shape index (κ3) is 3.22. The van der Waals surface area contributed by atoms with Crippen molar-refractivity contribution in [1.82, 2.24) is 19.4 Å². The molecule has 0 aromatic carbocycles. The van der Waals surface area contributed by atoms with E-state index in [0.29, 0.717) is 24.7 Å². The molecule has 0 amide bonds. The molecule has 0 spiro atoms. The smallest absolute Gasteiger partial charge is 0.259 e. The topological polar surface area (TPSA) is 84.7 Å². The zero-order valence-electron chi connectivity index (χ0n) is 11.1. The van der Waals surface area contributed by atoms with Crippen LogP contribution < -0.4 is 10.0 Å². The Morgan fingerprint density at radius 1 is 1.62 bits per heavy atom. The molecular formula is C11H15ClN4O3S2. The molecule has 7 nitrogen and oxygen atoms in total. The van der Waals surface area contributed by atoms with E-state index in [0.717, 1.165) is 13.1 Å². The van der Waals surface area contributed by atoms with E-state index >= 15 is 0 Å². The normalized spacial score (nSPS) is 20.7. The number of fused-ring (bicyclic) bond motifs is 1. The van der Waals surface area contributed by atoms with E-state index in [-0.39, 0.29) is 16.1 Å². The number of imidazole rings is 1. The summed E-state index contributed by atoms with van der Waals surface area (Å²) in [6.45, 7) is 2.98. The van der Waals surface area contributed by atoms with Crippen LogP contribution in [0.15, 0.2) is 16.6 Å². The van der Waals surface area contributed by atoms with Gasteiger partial charge in [-0.15, -0.1) is 11.3 Å². The molecule has 10 heteroatoms. The lowest BCUT2D eigenvalue weighted by Crippen LogP contribution is -2.35. The Balaban J connectivity index is 1.77. The van der Waals surface area contributed by atoms with Gasteiger partial charge in [-0.25, -0.2) is 18.1 Å². The van der Waals surface area contributed by atoms with Crippen LogP contribution in [-0.2, 0) is 14.8 Å². The van der Waals surface area contributed by atoms with Gasteiger partial charge >= 0.3 is 0 Å². The molecule has 1 aliphatic heterocycles. The number of thiazole rings is 1. The van der Waals surface area contributed by atoms with Crippen LogP contribution in [-0.4, -0.2) is 50.7 Å². The summed E-state index contributed by atoms with van der Waals surface area (Å²) in [6.07, 6.45) is 1.64. The minimum Gasteiger partial charge on any atom is -0.380 e. The molecule has 1 atom stereocenters. The maximum atomic E-state index is 12.4. The summed E-state index contributed by atoms with van der Waals surface area (Å²) in [5, 5.41) is 4.95. The first kappa shape index (κ1) is 15.2. The van der Waals surface area contributed by atoms with E-state index in [4.69, 9.17) is 16.3 Å². The fraction of sp³-hybridized carbons (Fsp3) is 0.545. The summed E-state index contributed by atoms with van der Waals surface area (Å²) in [7, 11) is -3.71. The number of halogens is 1. The molecular weight excluding hydrogens is 336 g/mol. The molecule has 0 saturated carbocycles. The third-order valence-corrected chi connectivity index (χ3v) is 5.78. The second kappa shape index (κ2) is 6.19. The molecule has 1 unspecified atom stereocenters. The third-order valence-electron chi connectivity index (χ3n) is 3.20. The number of sulfonamides is 1. The van der Waals surface area contributed by atoms with E-state index in [1.807, 2.05) is 0 Å². The predicted molar refractivity (Wildman–Crippen MR) is 80.4 cm³/mol. The number of nitrogens with one attached hydrogen (secondary N) is 2. The molecule has 0 aliphatic carbocycles. The van der Waals surface area contributed by atoms with Crippen LogP contribution in [0.5, 0.6) is 0 Å². The fourth-order valence-corrected chi connectivity index (χ4v) is 4.73. The highest BCUT2D eigenvalue weighted by Gasteiger charge is 2.26. The molecule has 1 aliphatic rings. The lowest BCUT2D eigenvalue weighted by Gasteiger charge is -2.14. The van der Waals surface area contributed by atoms with Gasteiger partial charge < -0.3 is 10.1 Å². The minimum absolute atomic E-state index is 0.00964. The number of rotatable bonds is 4. The highest BCUT2D eigenvalue weighted by Crippen LogP contribution is 2.25. The van der Waals surface area contributed by atoms with Crippen LogP contribution in [0.2, 0.25) is 5.15 Å². The molecule has 1 fully saturated rings. The van der Waals surface area contributed by atoms with Gasteiger partial charge in [0, 0.05) is 37.1 Å². The first-order valence-electron chi connectivity index (χ1n) is 6.47.